The molecule has 1 atom stereocenters. The third kappa shape index (κ3) is 3.92. The SMILES string of the molecule is Cc1cc(C(O)C(F)(F)F)ccc1/N=C/c1ccc(F)cc1. The van der Waals surface area contributed by atoms with Gasteiger partial charge in [0.15, 0.2) is 6.10 Å². The van der Waals surface area contributed by atoms with Gasteiger partial charge >= 0.3 is 6.18 Å². The molecule has 22 heavy (non-hydrogen) atoms. The minimum atomic E-state index is -4.70. The van der Waals surface area contributed by atoms with E-state index in [2.05, 4.69) is 4.99 Å². The fraction of sp³-hybridized carbons (Fsp3) is 0.188. The van der Waals surface area contributed by atoms with Crippen LogP contribution in [0.3, 0.4) is 0 Å². The van der Waals surface area contributed by atoms with Gasteiger partial charge in [0, 0.05) is 6.21 Å². The van der Waals surface area contributed by atoms with Crippen molar-refractivity contribution in [1.82, 2.24) is 0 Å². The summed E-state index contributed by atoms with van der Waals surface area (Å²) in [5, 5.41) is 9.21. The number of aliphatic imine (C=N–C) groups is 1. The van der Waals surface area contributed by atoms with Crippen molar-refractivity contribution in [2.45, 2.75) is 19.2 Å². The standard InChI is InChI=1S/C16H13F4NO/c1-10-8-12(15(22)16(18,19)20)4-7-14(10)21-9-11-2-5-13(17)6-3-11/h2-9,15,22H,1H3/b21-9+. The molecule has 1 unspecified atom stereocenters. The molecule has 0 amide bonds. The number of rotatable bonds is 3. The molecule has 0 aliphatic heterocycles. The summed E-state index contributed by atoms with van der Waals surface area (Å²) in [5.41, 5.74) is 1.41. The second-order valence-electron chi connectivity index (χ2n) is 4.80. The number of hydrogen-bond donors (Lipinski definition) is 1. The minimum Gasteiger partial charge on any atom is -0.379 e. The molecule has 0 spiro atoms. The van der Waals surface area contributed by atoms with Crippen LogP contribution >= 0.6 is 0 Å². The van der Waals surface area contributed by atoms with Crippen molar-refractivity contribution >= 4 is 11.9 Å². The van der Waals surface area contributed by atoms with Crippen LogP contribution in [0.15, 0.2) is 47.5 Å². The number of aliphatic hydroxyl groups excluding tert-OH is 1. The Morgan fingerprint density at radius 2 is 1.73 bits per heavy atom. The van der Waals surface area contributed by atoms with Crippen LogP contribution < -0.4 is 0 Å². The van der Waals surface area contributed by atoms with E-state index in [-0.39, 0.29) is 11.4 Å². The fourth-order valence-corrected chi connectivity index (χ4v) is 1.88. The molecule has 0 radical (unpaired) electrons. The minimum absolute atomic E-state index is 0.231. The lowest BCUT2D eigenvalue weighted by Gasteiger charge is -2.15. The van der Waals surface area contributed by atoms with Crippen LogP contribution in [0.5, 0.6) is 0 Å². The van der Waals surface area contributed by atoms with Crippen molar-refractivity contribution < 1.29 is 22.7 Å². The lowest BCUT2D eigenvalue weighted by Crippen LogP contribution is -2.20. The molecule has 2 rings (SSSR count). The normalized spacial score (nSPS) is 13.5. The first-order valence-electron chi connectivity index (χ1n) is 6.42. The molecular formula is C16H13F4NO. The smallest absolute Gasteiger partial charge is 0.379 e. The van der Waals surface area contributed by atoms with Crippen molar-refractivity contribution in [1.29, 1.82) is 0 Å². The van der Waals surface area contributed by atoms with Gasteiger partial charge in [0.05, 0.1) is 5.69 Å². The molecule has 0 aliphatic rings. The van der Waals surface area contributed by atoms with Crippen LogP contribution in [-0.4, -0.2) is 17.5 Å². The van der Waals surface area contributed by atoms with E-state index >= 15 is 0 Å². The molecule has 116 valence electrons. The van der Waals surface area contributed by atoms with Gasteiger partial charge in [-0.1, -0.05) is 24.3 Å². The van der Waals surface area contributed by atoms with Crippen LogP contribution in [0.2, 0.25) is 0 Å². The Morgan fingerprint density at radius 3 is 2.27 bits per heavy atom. The first-order chi connectivity index (χ1) is 10.3. The summed E-state index contributed by atoms with van der Waals surface area (Å²) in [6, 6.07) is 9.48. The quantitative estimate of drug-likeness (QED) is 0.658. The Bertz CT molecular complexity index is 678. The van der Waals surface area contributed by atoms with E-state index in [4.69, 9.17) is 0 Å². The first kappa shape index (κ1) is 16.2. The lowest BCUT2D eigenvalue weighted by atomic mass is 10.0. The lowest BCUT2D eigenvalue weighted by molar-refractivity contribution is -0.206. The molecule has 0 heterocycles. The van der Waals surface area contributed by atoms with Gasteiger partial charge in [-0.15, -0.1) is 0 Å². The highest BCUT2D eigenvalue weighted by atomic mass is 19.4. The number of hydrogen-bond acceptors (Lipinski definition) is 2. The zero-order chi connectivity index (χ0) is 16.3. The highest BCUT2D eigenvalue weighted by Crippen LogP contribution is 2.34. The predicted octanol–water partition coefficient (Wildman–Crippen LogP) is 4.48. The highest BCUT2D eigenvalue weighted by Gasteiger charge is 2.39. The molecule has 0 fully saturated rings. The van der Waals surface area contributed by atoms with Gasteiger partial charge in [-0.25, -0.2) is 4.39 Å². The predicted molar refractivity (Wildman–Crippen MR) is 75.8 cm³/mol. The molecule has 0 saturated carbocycles. The molecule has 6 heteroatoms. The van der Waals surface area contributed by atoms with E-state index in [1.807, 2.05) is 0 Å². The zero-order valence-corrected chi connectivity index (χ0v) is 11.6. The van der Waals surface area contributed by atoms with E-state index in [1.165, 1.54) is 48.7 Å². The maximum absolute atomic E-state index is 12.8. The van der Waals surface area contributed by atoms with E-state index in [1.54, 1.807) is 6.92 Å². The van der Waals surface area contributed by atoms with Gasteiger partial charge in [0.25, 0.3) is 0 Å². The number of halogens is 4. The Balaban J connectivity index is 2.21. The van der Waals surface area contributed by atoms with Crippen LogP contribution in [0.4, 0.5) is 23.2 Å². The van der Waals surface area contributed by atoms with E-state index in [9.17, 15) is 22.7 Å². The van der Waals surface area contributed by atoms with Crippen molar-refractivity contribution in [3.05, 3.63) is 65.0 Å². The van der Waals surface area contributed by atoms with Crippen molar-refractivity contribution in [2.75, 3.05) is 0 Å². The van der Waals surface area contributed by atoms with Crippen LogP contribution in [0.1, 0.15) is 22.8 Å². The van der Waals surface area contributed by atoms with Crippen molar-refractivity contribution in [3.8, 4) is 0 Å². The maximum atomic E-state index is 12.8. The molecule has 0 aliphatic carbocycles. The molecule has 2 aromatic carbocycles. The summed E-state index contributed by atoms with van der Waals surface area (Å²) in [6.07, 6.45) is -5.73. The Labute approximate surface area is 124 Å². The van der Waals surface area contributed by atoms with E-state index < -0.39 is 12.3 Å². The fourth-order valence-electron chi connectivity index (χ4n) is 1.88. The Hall–Kier alpha value is -2.21. The zero-order valence-electron chi connectivity index (χ0n) is 11.6. The van der Waals surface area contributed by atoms with Gasteiger partial charge < -0.3 is 5.11 Å². The summed E-state index contributed by atoms with van der Waals surface area (Å²) in [6.45, 7) is 1.60. The average molecular weight is 311 g/mol. The molecule has 0 bridgehead atoms. The number of aliphatic hydroxyl groups is 1. The third-order valence-electron chi connectivity index (χ3n) is 3.07. The maximum Gasteiger partial charge on any atom is 0.418 e. The summed E-state index contributed by atoms with van der Waals surface area (Å²) >= 11 is 0. The second kappa shape index (κ2) is 6.27. The van der Waals surface area contributed by atoms with E-state index in [0.717, 1.165) is 0 Å². The van der Waals surface area contributed by atoms with Gasteiger partial charge in [-0.2, -0.15) is 13.2 Å². The molecule has 1 N–H and O–H groups in total. The van der Waals surface area contributed by atoms with Crippen LogP contribution in [0.25, 0.3) is 0 Å². The largest absolute Gasteiger partial charge is 0.418 e. The summed E-state index contributed by atoms with van der Waals surface area (Å²) in [5.74, 6) is -0.362. The van der Waals surface area contributed by atoms with E-state index in [0.29, 0.717) is 16.8 Å². The summed E-state index contributed by atoms with van der Waals surface area (Å²) < 4.78 is 50.1. The molecule has 2 aromatic rings. The van der Waals surface area contributed by atoms with Gasteiger partial charge in [0.1, 0.15) is 5.82 Å². The molecular weight excluding hydrogens is 298 g/mol. The summed E-state index contributed by atoms with van der Waals surface area (Å²) in [4.78, 5) is 4.16. The highest BCUT2D eigenvalue weighted by molar-refractivity contribution is 5.82. The molecule has 2 nitrogen and oxygen atoms in total. The molecule has 0 saturated heterocycles. The van der Waals surface area contributed by atoms with Gasteiger partial charge in [0.2, 0.25) is 0 Å². The number of alkyl halides is 3. The Morgan fingerprint density at radius 1 is 1.09 bits per heavy atom. The first-order valence-corrected chi connectivity index (χ1v) is 6.42. The average Bonchev–Trinajstić information content (AvgIpc) is 2.46. The van der Waals surface area contributed by atoms with Crippen LogP contribution in [-0.2, 0) is 0 Å². The van der Waals surface area contributed by atoms with Crippen molar-refractivity contribution in [3.63, 3.8) is 0 Å². The monoisotopic (exact) mass is 311 g/mol. The number of nitrogens with zero attached hydrogens (tertiary/aromatic N) is 1. The summed E-state index contributed by atoms with van der Waals surface area (Å²) in [7, 11) is 0. The second-order valence-corrected chi connectivity index (χ2v) is 4.80. The van der Waals surface area contributed by atoms with Crippen molar-refractivity contribution in [2.24, 2.45) is 4.99 Å². The Kier molecular flexibility index (Phi) is 4.61. The van der Waals surface area contributed by atoms with Gasteiger partial charge in [-0.3, -0.25) is 4.99 Å². The topological polar surface area (TPSA) is 32.6 Å². The van der Waals surface area contributed by atoms with Crippen LogP contribution in [0, 0.1) is 12.7 Å². The van der Waals surface area contributed by atoms with Gasteiger partial charge in [-0.05, 0) is 41.8 Å². The number of benzene rings is 2. The third-order valence-corrected chi connectivity index (χ3v) is 3.07. The molecule has 0 aromatic heterocycles. The number of aryl methyl sites for hydroxylation is 1.